The number of halogens is 2. The smallest absolute Gasteiger partial charge is 0.256 e. The van der Waals surface area contributed by atoms with Crippen LogP contribution in [0.1, 0.15) is 23.1 Å². The van der Waals surface area contributed by atoms with Gasteiger partial charge in [0.1, 0.15) is 0 Å². The van der Waals surface area contributed by atoms with Gasteiger partial charge in [-0.1, -0.05) is 114 Å². The minimum atomic E-state index is -1.16. The molecule has 0 bridgehead atoms. The molecule has 0 aromatic heterocycles. The molecule has 0 atom stereocenters. The highest BCUT2D eigenvalue weighted by molar-refractivity contribution is 6.53. The summed E-state index contributed by atoms with van der Waals surface area (Å²) in [4.78, 5) is 28.0. The third-order valence-corrected chi connectivity index (χ3v) is 5.77. The van der Waals surface area contributed by atoms with Gasteiger partial charge in [-0.2, -0.15) is 0 Å². The van der Waals surface area contributed by atoms with E-state index < -0.39 is 10.7 Å². The van der Waals surface area contributed by atoms with Gasteiger partial charge in [-0.25, -0.2) is 0 Å². The van der Waals surface area contributed by atoms with Gasteiger partial charge in [-0.15, -0.1) is 0 Å². The van der Waals surface area contributed by atoms with E-state index in [2.05, 4.69) is 12.1 Å². The van der Waals surface area contributed by atoms with E-state index in [9.17, 15) is 9.59 Å². The Balaban J connectivity index is 1.68. The van der Waals surface area contributed by atoms with Crippen LogP contribution < -0.4 is 0 Å². The molecular weight excluding hydrogens is 455 g/mol. The Morgan fingerprint density at radius 1 is 0.636 bits per heavy atom. The monoisotopic (exact) mass is 482 g/mol. The predicted octanol–water partition coefficient (Wildman–Crippen LogP) is 5.48. The second kappa shape index (κ2) is 13.0. The Morgan fingerprint density at radius 2 is 1.09 bits per heavy atom. The zero-order chi connectivity index (χ0) is 23.5. The standard InChI is InChI=1S/C27H28Cl2N2O2/c28-26(29)27(33)31(21-24-14-8-3-9-15-24)19-17-25(32)30(20-23-12-6-2-7-13-23)18-16-22-10-4-1-5-11-22/h1-15,26H,16-21H2. The predicted molar refractivity (Wildman–Crippen MR) is 134 cm³/mol. The van der Waals surface area contributed by atoms with Crippen LogP contribution in [-0.4, -0.2) is 39.5 Å². The molecule has 0 aliphatic carbocycles. The van der Waals surface area contributed by atoms with Gasteiger partial charge in [0, 0.05) is 32.6 Å². The fraction of sp³-hybridized carbons (Fsp3) is 0.259. The lowest BCUT2D eigenvalue weighted by Crippen LogP contribution is -2.39. The summed E-state index contributed by atoms with van der Waals surface area (Å²) in [5, 5.41) is 0. The third kappa shape index (κ3) is 8.23. The van der Waals surface area contributed by atoms with E-state index in [0.29, 0.717) is 19.6 Å². The highest BCUT2D eigenvalue weighted by Gasteiger charge is 2.23. The van der Waals surface area contributed by atoms with Gasteiger partial charge in [-0.05, 0) is 23.1 Å². The van der Waals surface area contributed by atoms with Crippen molar-refractivity contribution >= 4 is 35.0 Å². The van der Waals surface area contributed by atoms with Gasteiger partial charge < -0.3 is 9.80 Å². The maximum Gasteiger partial charge on any atom is 0.256 e. The first-order chi connectivity index (χ1) is 16.0. The van der Waals surface area contributed by atoms with Crippen LogP contribution in [0.15, 0.2) is 91.0 Å². The zero-order valence-corrected chi connectivity index (χ0v) is 20.0. The summed E-state index contributed by atoms with van der Waals surface area (Å²) < 4.78 is 0. The molecule has 0 N–H and O–H groups in total. The lowest BCUT2D eigenvalue weighted by Gasteiger charge is -2.27. The third-order valence-electron chi connectivity index (χ3n) is 5.39. The van der Waals surface area contributed by atoms with Crippen LogP contribution in [-0.2, 0) is 29.1 Å². The fourth-order valence-corrected chi connectivity index (χ4v) is 3.88. The van der Waals surface area contributed by atoms with Crippen LogP contribution in [0.4, 0.5) is 0 Å². The van der Waals surface area contributed by atoms with Gasteiger partial charge in [-0.3, -0.25) is 9.59 Å². The van der Waals surface area contributed by atoms with Crippen molar-refractivity contribution in [2.75, 3.05) is 13.1 Å². The van der Waals surface area contributed by atoms with E-state index >= 15 is 0 Å². The summed E-state index contributed by atoms with van der Waals surface area (Å²) >= 11 is 11.7. The van der Waals surface area contributed by atoms with Crippen molar-refractivity contribution < 1.29 is 9.59 Å². The quantitative estimate of drug-likeness (QED) is 0.339. The van der Waals surface area contributed by atoms with Gasteiger partial charge in [0.15, 0.2) is 4.84 Å². The molecule has 0 heterocycles. The number of benzene rings is 3. The zero-order valence-electron chi connectivity index (χ0n) is 18.4. The second-order valence-corrected chi connectivity index (χ2v) is 8.93. The van der Waals surface area contributed by atoms with Crippen LogP contribution in [0.25, 0.3) is 0 Å². The van der Waals surface area contributed by atoms with Gasteiger partial charge in [0.2, 0.25) is 5.91 Å². The Labute approximate surface area is 205 Å². The lowest BCUT2D eigenvalue weighted by atomic mass is 10.1. The highest BCUT2D eigenvalue weighted by atomic mass is 35.5. The molecule has 6 heteroatoms. The number of carbonyl (C=O) groups is 2. The first-order valence-corrected chi connectivity index (χ1v) is 11.9. The molecule has 172 valence electrons. The minimum Gasteiger partial charge on any atom is -0.338 e. The molecule has 0 spiro atoms. The maximum absolute atomic E-state index is 13.2. The summed E-state index contributed by atoms with van der Waals surface area (Å²) in [6, 6.07) is 29.6. The molecule has 0 saturated heterocycles. The minimum absolute atomic E-state index is 0.0126. The molecule has 0 aliphatic rings. The molecular formula is C27H28Cl2N2O2. The van der Waals surface area contributed by atoms with Gasteiger partial charge in [0.25, 0.3) is 5.91 Å². The molecule has 0 aliphatic heterocycles. The molecule has 2 amide bonds. The van der Waals surface area contributed by atoms with E-state index in [1.807, 2.05) is 83.8 Å². The number of hydrogen-bond donors (Lipinski definition) is 0. The normalized spacial score (nSPS) is 10.8. The second-order valence-electron chi connectivity index (χ2n) is 7.83. The fourth-order valence-electron chi connectivity index (χ4n) is 3.60. The molecule has 0 radical (unpaired) electrons. The number of hydrogen-bond acceptors (Lipinski definition) is 2. The average Bonchev–Trinajstić information content (AvgIpc) is 2.85. The van der Waals surface area contributed by atoms with Gasteiger partial charge in [0.05, 0.1) is 0 Å². The summed E-state index contributed by atoms with van der Waals surface area (Å²) in [7, 11) is 0. The average molecular weight is 483 g/mol. The Kier molecular flexibility index (Phi) is 9.79. The largest absolute Gasteiger partial charge is 0.338 e. The summed E-state index contributed by atoms with van der Waals surface area (Å²) in [6.07, 6.45) is 0.957. The number of rotatable bonds is 11. The van der Waals surface area contributed by atoms with Crippen LogP contribution in [0.5, 0.6) is 0 Å². The summed E-state index contributed by atoms with van der Waals surface area (Å²) in [5.74, 6) is -0.407. The molecule has 0 saturated carbocycles. The maximum atomic E-state index is 13.2. The van der Waals surface area contributed by atoms with Crippen LogP contribution in [0.3, 0.4) is 0 Å². The number of alkyl halides is 2. The van der Waals surface area contributed by atoms with Crippen molar-refractivity contribution in [1.82, 2.24) is 9.80 Å². The van der Waals surface area contributed by atoms with Crippen molar-refractivity contribution in [3.8, 4) is 0 Å². The van der Waals surface area contributed by atoms with E-state index in [0.717, 1.165) is 17.5 Å². The topological polar surface area (TPSA) is 40.6 Å². The molecule has 3 aromatic rings. The van der Waals surface area contributed by atoms with Crippen LogP contribution in [0.2, 0.25) is 0 Å². The Bertz CT molecular complexity index is 998. The van der Waals surface area contributed by atoms with E-state index in [1.54, 1.807) is 4.90 Å². The first kappa shape index (κ1) is 24.8. The number of nitrogens with zero attached hydrogens (tertiary/aromatic N) is 2. The molecule has 3 rings (SSSR count). The summed E-state index contributed by atoms with van der Waals surface area (Å²) in [6.45, 7) is 1.72. The van der Waals surface area contributed by atoms with E-state index in [4.69, 9.17) is 23.2 Å². The van der Waals surface area contributed by atoms with Crippen LogP contribution in [0, 0.1) is 0 Å². The molecule has 33 heavy (non-hydrogen) atoms. The van der Waals surface area contributed by atoms with Crippen molar-refractivity contribution in [1.29, 1.82) is 0 Å². The lowest BCUT2D eigenvalue weighted by molar-refractivity contribution is -0.134. The molecule has 3 aromatic carbocycles. The van der Waals surface area contributed by atoms with Crippen molar-refractivity contribution in [2.45, 2.75) is 30.8 Å². The Morgan fingerprint density at radius 3 is 1.58 bits per heavy atom. The number of carbonyl (C=O) groups excluding carboxylic acids is 2. The van der Waals surface area contributed by atoms with E-state index in [1.165, 1.54) is 5.56 Å². The van der Waals surface area contributed by atoms with Crippen molar-refractivity contribution in [3.05, 3.63) is 108 Å². The van der Waals surface area contributed by atoms with Crippen LogP contribution >= 0.6 is 23.2 Å². The van der Waals surface area contributed by atoms with E-state index in [-0.39, 0.29) is 18.9 Å². The number of amides is 2. The molecule has 4 nitrogen and oxygen atoms in total. The van der Waals surface area contributed by atoms with Crippen molar-refractivity contribution in [3.63, 3.8) is 0 Å². The Hall–Kier alpha value is -2.82. The SMILES string of the molecule is O=C(CCN(Cc1ccccc1)C(=O)C(Cl)Cl)N(CCc1ccccc1)Cc1ccccc1. The first-order valence-electron chi connectivity index (χ1n) is 11.0. The summed E-state index contributed by atoms with van der Waals surface area (Å²) in [5.41, 5.74) is 3.20. The van der Waals surface area contributed by atoms with Gasteiger partial charge >= 0.3 is 0 Å². The molecule has 0 unspecified atom stereocenters. The highest BCUT2D eigenvalue weighted by Crippen LogP contribution is 2.14. The van der Waals surface area contributed by atoms with Crippen molar-refractivity contribution in [2.24, 2.45) is 0 Å². The molecule has 0 fully saturated rings.